The van der Waals surface area contributed by atoms with Gasteiger partial charge in [0.15, 0.2) is 5.78 Å². The first-order valence-corrected chi connectivity index (χ1v) is 5.03. The number of carbonyl (C=O) groups is 1. The van der Waals surface area contributed by atoms with Crippen molar-refractivity contribution in [2.24, 2.45) is 0 Å². The first-order valence-electron chi connectivity index (χ1n) is 3.86. The topological polar surface area (TPSA) is 26.3 Å². The van der Waals surface area contributed by atoms with Crippen molar-refractivity contribution in [3.05, 3.63) is 27.2 Å². The molecule has 1 aromatic rings. The predicted octanol–water partition coefficient (Wildman–Crippen LogP) is 3.91. The second-order valence-electron chi connectivity index (χ2n) is 2.70. The number of hydrogen-bond acceptors (Lipinski definition) is 2. The van der Waals surface area contributed by atoms with E-state index >= 15 is 0 Å². The Bertz CT molecular complexity index is 373. The molecule has 0 amide bonds. The van der Waals surface area contributed by atoms with Gasteiger partial charge in [-0.15, -0.1) is 0 Å². The number of carbonyl (C=O) groups excluding carboxylic acids is 1. The van der Waals surface area contributed by atoms with Gasteiger partial charge >= 0.3 is 6.61 Å². The van der Waals surface area contributed by atoms with E-state index in [1.54, 1.807) is 0 Å². The average molecular weight is 299 g/mol. The number of ether oxygens (including phenoxy) is 1. The van der Waals surface area contributed by atoms with Gasteiger partial charge in [-0.05, 0) is 35.0 Å². The highest BCUT2D eigenvalue weighted by atomic mass is 79.9. The molecular formula is C9H6BrClF2O2. The predicted molar refractivity (Wildman–Crippen MR) is 55.8 cm³/mol. The number of rotatable bonds is 3. The lowest BCUT2D eigenvalue weighted by atomic mass is 10.1. The number of hydrogen-bond donors (Lipinski definition) is 0. The van der Waals surface area contributed by atoms with Crippen LogP contribution in [0.5, 0.6) is 5.75 Å². The van der Waals surface area contributed by atoms with Gasteiger partial charge in [-0.2, -0.15) is 8.78 Å². The summed E-state index contributed by atoms with van der Waals surface area (Å²) >= 11 is 8.80. The van der Waals surface area contributed by atoms with Gasteiger partial charge in [-0.25, -0.2) is 0 Å². The molecule has 0 aromatic heterocycles. The normalized spacial score (nSPS) is 10.5. The third-order valence-corrected chi connectivity index (χ3v) is 2.52. The van der Waals surface area contributed by atoms with Gasteiger partial charge in [0.25, 0.3) is 0 Å². The van der Waals surface area contributed by atoms with Gasteiger partial charge in [0.05, 0.1) is 10.6 Å². The monoisotopic (exact) mass is 298 g/mol. The summed E-state index contributed by atoms with van der Waals surface area (Å²) in [5, 5.41) is 0.0764. The molecular weight excluding hydrogens is 293 g/mol. The van der Waals surface area contributed by atoms with Crippen LogP contribution in [0.3, 0.4) is 0 Å². The zero-order valence-electron chi connectivity index (χ0n) is 7.56. The highest BCUT2D eigenvalue weighted by molar-refractivity contribution is 9.10. The Kier molecular flexibility index (Phi) is 4.04. The van der Waals surface area contributed by atoms with Crippen LogP contribution in [0.2, 0.25) is 5.02 Å². The summed E-state index contributed by atoms with van der Waals surface area (Å²) in [4.78, 5) is 11.1. The Morgan fingerprint density at radius 2 is 2.13 bits per heavy atom. The molecule has 0 aliphatic carbocycles. The third-order valence-electron chi connectivity index (χ3n) is 1.59. The molecule has 0 aliphatic heterocycles. The maximum absolute atomic E-state index is 11.9. The molecule has 0 unspecified atom stereocenters. The lowest BCUT2D eigenvalue weighted by Crippen LogP contribution is -2.03. The molecule has 82 valence electrons. The Morgan fingerprint density at radius 3 is 2.53 bits per heavy atom. The molecule has 0 saturated heterocycles. The van der Waals surface area contributed by atoms with E-state index in [0.29, 0.717) is 4.47 Å². The molecule has 1 aromatic carbocycles. The lowest BCUT2D eigenvalue weighted by molar-refractivity contribution is -0.0498. The van der Waals surface area contributed by atoms with Gasteiger partial charge in [-0.1, -0.05) is 11.6 Å². The molecule has 0 spiro atoms. The van der Waals surface area contributed by atoms with E-state index in [0.717, 1.165) is 0 Å². The largest absolute Gasteiger partial charge is 0.435 e. The lowest BCUT2D eigenvalue weighted by Gasteiger charge is -2.08. The molecule has 6 heteroatoms. The van der Waals surface area contributed by atoms with Gasteiger partial charge in [0.2, 0.25) is 0 Å². The standard InChI is InChI=1S/C9H6BrClF2O2/c1-4(14)8-6(10)2-5(3-7(8)11)15-9(12)13/h2-3,9H,1H3. The van der Waals surface area contributed by atoms with Gasteiger partial charge in [-0.3, -0.25) is 4.79 Å². The quantitative estimate of drug-likeness (QED) is 0.791. The van der Waals surface area contributed by atoms with Gasteiger partial charge in [0, 0.05) is 4.47 Å². The zero-order valence-corrected chi connectivity index (χ0v) is 9.90. The smallest absolute Gasteiger partial charge is 0.387 e. The number of ketones is 1. The number of halogens is 4. The number of alkyl halides is 2. The van der Waals surface area contributed by atoms with E-state index in [4.69, 9.17) is 11.6 Å². The SMILES string of the molecule is CC(=O)c1c(Cl)cc(OC(F)F)cc1Br. The fourth-order valence-electron chi connectivity index (χ4n) is 1.06. The first-order chi connectivity index (χ1) is 6.91. The Hall–Kier alpha value is -0.680. The van der Waals surface area contributed by atoms with Crippen LogP contribution in [0.15, 0.2) is 16.6 Å². The summed E-state index contributed by atoms with van der Waals surface area (Å²) in [6, 6.07) is 2.45. The van der Waals surface area contributed by atoms with E-state index in [1.165, 1.54) is 19.1 Å². The number of benzene rings is 1. The highest BCUT2D eigenvalue weighted by Gasteiger charge is 2.14. The molecule has 15 heavy (non-hydrogen) atoms. The molecule has 2 nitrogen and oxygen atoms in total. The average Bonchev–Trinajstić information content (AvgIpc) is 1.99. The van der Waals surface area contributed by atoms with Crippen molar-refractivity contribution < 1.29 is 18.3 Å². The molecule has 0 fully saturated rings. The van der Waals surface area contributed by atoms with Crippen LogP contribution in [0.4, 0.5) is 8.78 Å². The van der Waals surface area contributed by atoms with Gasteiger partial charge in [0.1, 0.15) is 5.75 Å². The Balaban J connectivity index is 3.14. The van der Waals surface area contributed by atoms with Crippen molar-refractivity contribution in [2.75, 3.05) is 0 Å². The van der Waals surface area contributed by atoms with Crippen molar-refractivity contribution in [2.45, 2.75) is 13.5 Å². The van der Waals surface area contributed by atoms with Crippen molar-refractivity contribution >= 4 is 33.3 Å². The molecule has 0 saturated carbocycles. The van der Waals surface area contributed by atoms with Crippen molar-refractivity contribution in [3.63, 3.8) is 0 Å². The third kappa shape index (κ3) is 3.14. The minimum atomic E-state index is -2.92. The van der Waals surface area contributed by atoms with Gasteiger partial charge < -0.3 is 4.74 Å². The van der Waals surface area contributed by atoms with E-state index in [2.05, 4.69) is 20.7 Å². The molecule has 0 atom stereocenters. The van der Waals surface area contributed by atoms with Crippen LogP contribution < -0.4 is 4.74 Å². The van der Waals surface area contributed by atoms with E-state index in [-0.39, 0.29) is 22.1 Å². The maximum Gasteiger partial charge on any atom is 0.387 e. The first kappa shape index (κ1) is 12.4. The fourth-order valence-corrected chi connectivity index (χ4v) is 2.23. The summed E-state index contributed by atoms with van der Waals surface area (Å²) in [6.07, 6.45) is 0. The second kappa shape index (κ2) is 4.90. The summed E-state index contributed by atoms with van der Waals surface area (Å²) < 4.78 is 28.3. The molecule has 0 radical (unpaired) electrons. The zero-order chi connectivity index (χ0) is 11.6. The van der Waals surface area contributed by atoms with Crippen LogP contribution in [0.25, 0.3) is 0 Å². The summed E-state index contributed by atoms with van der Waals surface area (Å²) in [7, 11) is 0. The van der Waals surface area contributed by atoms with Crippen molar-refractivity contribution in [3.8, 4) is 5.75 Å². The summed E-state index contributed by atoms with van der Waals surface area (Å²) in [5.74, 6) is -0.345. The maximum atomic E-state index is 11.9. The van der Waals surface area contributed by atoms with Crippen molar-refractivity contribution in [1.82, 2.24) is 0 Å². The van der Waals surface area contributed by atoms with Crippen LogP contribution in [0, 0.1) is 0 Å². The molecule has 1 rings (SSSR count). The van der Waals surface area contributed by atoms with E-state index in [1.807, 2.05) is 0 Å². The fraction of sp³-hybridized carbons (Fsp3) is 0.222. The minimum Gasteiger partial charge on any atom is -0.435 e. The molecule has 0 heterocycles. The highest BCUT2D eigenvalue weighted by Crippen LogP contribution is 2.31. The van der Waals surface area contributed by atoms with Crippen LogP contribution >= 0.6 is 27.5 Å². The van der Waals surface area contributed by atoms with E-state index in [9.17, 15) is 13.6 Å². The summed E-state index contributed by atoms with van der Waals surface area (Å²) in [6.45, 7) is -1.59. The number of Topliss-reactive ketones (excluding diaryl/α,β-unsaturated/α-hetero) is 1. The summed E-state index contributed by atoms with van der Waals surface area (Å²) in [5.41, 5.74) is 0.248. The second-order valence-corrected chi connectivity index (χ2v) is 3.96. The Morgan fingerprint density at radius 1 is 1.53 bits per heavy atom. The molecule has 0 aliphatic rings. The molecule has 0 bridgehead atoms. The van der Waals surface area contributed by atoms with Crippen LogP contribution in [0.1, 0.15) is 17.3 Å². The minimum absolute atomic E-state index is 0.0764. The molecule has 0 N–H and O–H groups in total. The van der Waals surface area contributed by atoms with E-state index < -0.39 is 6.61 Å². The van der Waals surface area contributed by atoms with Crippen LogP contribution in [-0.2, 0) is 0 Å². The Labute approximate surface area is 98.3 Å². The van der Waals surface area contributed by atoms with Crippen LogP contribution in [-0.4, -0.2) is 12.4 Å². The van der Waals surface area contributed by atoms with Crippen molar-refractivity contribution in [1.29, 1.82) is 0 Å².